The largest absolute Gasteiger partial charge is 0.322 e. The second-order valence-electron chi connectivity index (χ2n) is 8.90. The fourth-order valence-corrected chi connectivity index (χ4v) is 7.51. The molecule has 1 N–H and O–H groups in total. The van der Waals surface area contributed by atoms with Crippen LogP contribution in [0.25, 0.3) is 0 Å². The Hall–Kier alpha value is -1.99. The maximum atomic E-state index is 13.3. The van der Waals surface area contributed by atoms with Gasteiger partial charge in [0, 0.05) is 20.9 Å². The number of nitrogens with zero attached hydrogens (tertiary/aromatic N) is 1. The lowest BCUT2D eigenvalue weighted by Crippen LogP contribution is -2.37. The van der Waals surface area contributed by atoms with Crippen LogP contribution < -0.4 is 10.2 Å². The number of halogens is 2. The molecular weight excluding hydrogens is 524 g/mol. The summed E-state index contributed by atoms with van der Waals surface area (Å²) in [7, 11) is 0. The molecule has 2 aromatic carbocycles. The van der Waals surface area contributed by atoms with E-state index in [0.29, 0.717) is 11.3 Å². The number of carbonyl (C=O) groups is 3. The third kappa shape index (κ3) is 3.28. The average molecular weight is 546 g/mol. The first-order valence-electron chi connectivity index (χ1n) is 10.4. The Morgan fingerprint density at radius 2 is 1.52 bits per heavy atom. The predicted octanol–water partition coefficient (Wildman–Crippen LogP) is 4.84. The van der Waals surface area contributed by atoms with Crippen molar-refractivity contribution in [1.82, 2.24) is 0 Å². The van der Waals surface area contributed by atoms with Crippen LogP contribution in [0.15, 0.2) is 42.5 Å². The van der Waals surface area contributed by atoms with Crippen molar-refractivity contribution in [3.63, 3.8) is 0 Å². The van der Waals surface area contributed by atoms with Crippen molar-refractivity contribution >= 4 is 61.0 Å². The minimum atomic E-state index is -0.275. The highest BCUT2D eigenvalue weighted by Gasteiger charge is 2.66. The van der Waals surface area contributed by atoms with Crippen molar-refractivity contribution in [3.8, 4) is 0 Å². The van der Waals surface area contributed by atoms with Gasteiger partial charge in [-0.2, -0.15) is 0 Å². The monoisotopic (exact) mass is 544 g/mol. The van der Waals surface area contributed by atoms with Crippen molar-refractivity contribution in [2.75, 3.05) is 10.2 Å². The maximum absolute atomic E-state index is 13.3. The van der Waals surface area contributed by atoms with Crippen LogP contribution in [0.4, 0.5) is 11.4 Å². The summed E-state index contributed by atoms with van der Waals surface area (Å²) in [4.78, 5) is 41.1. The smallest absolute Gasteiger partial charge is 0.255 e. The third-order valence-corrected chi connectivity index (χ3v) is 10.0. The SMILES string of the molecule is Cc1cc(C)cc(NC(=O)c2cccc(N3C(=O)[C@@H]4[C@H]5C[C@@H]([C@@H](Br)[C@H]5Br)[C@H]4C3=O)c2)c1. The second-order valence-corrected chi connectivity index (χ2v) is 11.0. The van der Waals surface area contributed by atoms with E-state index >= 15 is 0 Å². The summed E-state index contributed by atoms with van der Waals surface area (Å²) < 4.78 is 0. The molecule has 160 valence electrons. The molecule has 0 aromatic heterocycles. The third-order valence-electron chi connectivity index (χ3n) is 6.83. The highest BCUT2D eigenvalue weighted by atomic mass is 79.9. The van der Waals surface area contributed by atoms with Crippen molar-refractivity contribution in [2.45, 2.75) is 29.9 Å². The molecule has 2 aliphatic carbocycles. The normalized spacial score (nSPS) is 31.3. The molecule has 3 aliphatic rings. The quantitative estimate of drug-likeness (QED) is 0.443. The van der Waals surface area contributed by atoms with Crippen LogP contribution in [-0.2, 0) is 9.59 Å². The molecule has 1 saturated heterocycles. The molecule has 0 spiro atoms. The Kier molecular flexibility index (Phi) is 5.09. The molecule has 0 unspecified atom stereocenters. The highest BCUT2D eigenvalue weighted by Crippen LogP contribution is 2.60. The fraction of sp³-hybridized carbons (Fsp3) is 0.375. The molecule has 5 rings (SSSR count). The molecule has 31 heavy (non-hydrogen) atoms. The van der Waals surface area contributed by atoms with Gasteiger partial charge in [-0.1, -0.05) is 44.0 Å². The molecule has 1 aliphatic heterocycles. The summed E-state index contributed by atoms with van der Waals surface area (Å²) in [6.45, 7) is 3.96. The number of nitrogens with one attached hydrogen (secondary N) is 1. The van der Waals surface area contributed by atoms with Crippen LogP contribution in [0.2, 0.25) is 0 Å². The van der Waals surface area contributed by atoms with E-state index in [2.05, 4.69) is 37.2 Å². The number of benzene rings is 2. The zero-order chi connectivity index (χ0) is 22.0. The van der Waals surface area contributed by atoms with E-state index in [1.165, 1.54) is 4.90 Å². The summed E-state index contributed by atoms with van der Waals surface area (Å²) in [5, 5.41) is 2.92. The first kappa shape index (κ1) is 20.9. The van der Waals surface area contributed by atoms with E-state index in [9.17, 15) is 14.4 Å². The molecule has 6 atom stereocenters. The topological polar surface area (TPSA) is 66.5 Å². The Morgan fingerprint density at radius 3 is 2.10 bits per heavy atom. The van der Waals surface area contributed by atoms with Gasteiger partial charge in [-0.15, -0.1) is 0 Å². The minimum absolute atomic E-state index is 0.141. The fourth-order valence-electron chi connectivity index (χ4n) is 5.64. The number of carbonyl (C=O) groups excluding carboxylic acids is 3. The molecule has 1 heterocycles. The van der Waals surface area contributed by atoms with E-state index in [1.54, 1.807) is 24.3 Å². The zero-order valence-electron chi connectivity index (χ0n) is 17.1. The van der Waals surface area contributed by atoms with Gasteiger partial charge in [0.15, 0.2) is 0 Å². The number of imide groups is 1. The van der Waals surface area contributed by atoms with Gasteiger partial charge < -0.3 is 5.32 Å². The summed E-state index contributed by atoms with van der Waals surface area (Å²) >= 11 is 7.42. The molecule has 3 amide bonds. The summed E-state index contributed by atoms with van der Waals surface area (Å²) in [5.41, 5.74) is 3.73. The lowest BCUT2D eigenvalue weighted by molar-refractivity contribution is -0.123. The molecule has 0 radical (unpaired) electrons. The maximum Gasteiger partial charge on any atom is 0.255 e. The van der Waals surface area contributed by atoms with Crippen LogP contribution in [0.1, 0.15) is 27.9 Å². The molecule has 2 aromatic rings. The molecule has 2 bridgehead atoms. The van der Waals surface area contributed by atoms with Gasteiger partial charge in [-0.05, 0) is 73.6 Å². The Labute approximate surface area is 197 Å². The van der Waals surface area contributed by atoms with Crippen LogP contribution in [-0.4, -0.2) is 27.4 Å². The van der Waals surface area contributed by atoms with Gasteiger partial charge >= 0.3 is 0 Å². The van der Waals surface area contributed by atoms with Gasteiger partial charge in [-0.3, -0.25) is 19.3 Å². The van der Waals surface area contributed by atoms with Crippen LogP contribution in [0, 0.1) is 37.5 Å². The van der Waals surface area contributed by atoms with E-state index in [-0.39, 0.29) is 51.0 Å². The van der Waals surface area contributed by atoms with Crippen LogP contribution in [0.3, 0.4) is 0 Å². The lowest BCUT2D eigenvalue weighted by Gasteiger charge is -2.28. The van der Waals surface area contributed by atoms with Crippen molar-refractivity contribution in [2.24, 2.45) is 23.7 Å². The molecular formula is C24H22Br2N2O3. The van der Waals surface area contributed by atoms with Gasteiger partial charge in [0.05, 0.1) is 17.5 Å². The number of alkyl halides is 2. The van der Waals surface area contributed by atoms with Crippen molar-refractivity contribution in [1.29, 1.82) is 0 Å². The number of aryl methyl sites for hydroxylation is 2. The number of rotatable bonds is 3. The number of fused-ring (bicyclic) bond motifs is 5. The number of hydrogen-bond donors (Lipinski definition) is 1. The van der Waals surface area contributed by atoms with Gasteiger partial charge in [0.25, 0.3) is 5.91 Å². The number of hydrogen-bond acceptors (Lipinski definition) is 3. The Balaban J connectivity index is 1.41. The van der Waals surface area contributed by atoms with Gasteiger partial charge in [0.1, 0.15) is 0 Å². The van der Waals surface area contributed by atoms with Crippen LogP contribution in [0.5, 0.6) is 0 Å². The van der Waals surface area contributed by atoms with Crippen LogP contribution >= 0.6 is 31.9 Å². The molecule has 7 heteroatoms. The average Bonchev–Trinajstić information content (AvgIpc) is 3.32. The summed E-state index contributed by atoms with van der Waals surface area (Å²) in [5.74, 6) is -0.774. The first-order chi connectivity index (χ1) is 14.8. The predicted molar refractivity (Wildman–Crippen MR) is 127 cm³/mol. The van der Waals surface area contributed by atoms with E-state index in [1.807, 2.05) is 32.0 Å². The second kappa shape index (κ2) is 7.55. The van der Waals surface area contributed by atoms with Crippen molar-refractivity contribution < 1.29 is 14.4 Å². The first-order valence-corrected chi connectivity index (χ1v) is 12.2. The number of anilines is 2. The molecule has 3 fully saturated rings. The summed E-state index contributed by atoms with van der Waals surface area (Å²) in [6.07, 6.45) is 0.894. The van der Waals surface area contributed by atoms with Gasteiger partial charge in [-0.25, -0.2) is 0 Å². The minimum Gasteiger partial charge on any atom is -0.322 e. The zero-order valence-corrected chi connectivity index (χ0v) is 20.3. The van der Waals surface area contributed by atoms with Gasteiger partial charge in [0.2, 0.25) is 11.8 Å². The number of amides is 3. The van der Waals surface area contributed by atoms with E-state index < -0.39 is 0 Å². The molecule has 2 saturated carbocycles. The lowest BCUT2D eigenvalue weighted by atomic mass is 9.81. The molecule has 5 nitrogen and oxygen atoms in total. The summed E-state index contributed by atoms with van der Waals surface area (Å²) in [6, 6.07) is 12.6. The van der Waals surface area contributed by atoms with E-state index in [0.717, 1.165) is 23.2 Å². The Morgan fingerprint density at radius 1 is 0.935 bits per heavy atom. The highest BCUT2D eigenvalue weighted by molar-refractivity contribution is 9.12. The van der Waals surface area contributed by atoms with Crippen molar-refractivity contribution in [3.05, 3.63) is 59.2 Å². The standard InChI is InChI=1S/C24H22Br2N2O3/c1-11-6-12(2)8-14(7-11)27-22(29)13-4-3-5-15(9-13)28-23(30)18-16-10-17(19(18)24(28)31)21(26)20(16)25/h3-9,16-21H,10H2,1-2H3,(H,27,29)/t16-,17-,18-,19-,20-,21+/m1/s1. The Bertz CT molecular complexity index is 1070. The van der Waals surface area contributed by atoms with E-state index in [4.69, 9.17) is 0 Å².